The molecule has 4 aromatic rings. The highest BCUT2D eigenvalue weighted by Gasteiger charge is 2.25. The van der Waals surface area contributed by atoms with Crippen molar-refractivity contribution in [3.8, 4) is 11.5 Å². The Morgan fingerprint density at radius 3 is 2.20 bits per heavy atom. The zero-order chi connectivity index (χ0) is 29.2. The average molecular weight is 562 g/mol. The van der Waals surface area contributed by atoms with Gasteiger partial charge in [0.25, 0.3) is 0 Å². The lowest BCUT2D eigenvalue weighted by molar-refractivity contribution is 0.0262. The molecule has 1 aromatic heterocycles. The second-order valence-electron chi connectivity index (χ2n) is 11.1. The van der Waals surface area contributed by atoms with Gasteiger partial charge < -0.3 is 14.4 Å². The fourth-order valence-electron chi connectivity index (χ4n) is 4.62. The Kier molecular flexibility index (Phi) is 8.64. The molecule has 0 saturated heterocycles. The van der Waals surface area contributed by atoms with Crippen LogP contribution in [0.2, 0.25) is 0 Å². The second-order valence-corrected chi connectivity index (χ2v) is 12.1. The Bertz CT molecular complexity index is 1530. The van der Waals surface area contributed by atoms with Crippen molar-refractivity contribution in [2.45, 2.75) is 60.5 Å². The van der Waals surface area contributed by atoms with E-state index in [1.165, 1.54) is 23.5 Å². The molecule has 0 N–H and O–H groups in total. The first-order valence-electron chi connectivity index (χ1n) is 13.5. The van der Waals surface area contributed by atoms with Gasteiger partial charge in [-0.3, -0.25) is 4.79 Å². The van der Waals surface area contributed by atoms with Crippen LogP contribution in [0, 0.1) is 26.6 Å². The number of aryl methyl sites for hydroxylation is 3. The number of thiophene rings is 1. The molecule has 40 heavy (non-hydrogen) atoms. The highest BCUT2D eigenvalue weighted by atomic mass is 32.1. The molecule has 7 heteroatoms. The van der Waals surface area contributed by atoms with E-state index < -0.39 is 5.60 Å². The first-order chi connectivity index (χ1) is 18.9. The van der Waals surface area contributed by atoms with Crippen molar-refractivity contribution in [3.63, 3.8) is 0 Å². The van der Waals surface area contributed by atoms with E-state index in [1.54, 1.807) is 18.7 Å². The number of nitrogens with zero attached hydrogens (tertiary/aromatic N) is 1. The highest BCUT2D eigenvalue weighted by molar-refractivity contribution is 7.21. The third-order valence-corrected chi connectivity index (χ3v) is 7.71. The topological polar surface area (TPSA) is 55.8 Å². The fourth-order valence-corrected chi connectivity index (χ4v) is 5.80. The standard InChI is InChI=1S/C33H36FNO4S/c1-8-35(32(37)39-33(5,6)7)16-15-23-10-12-25(13-11-23)38-30-26-14-9-20(2)17-27(26)40-31(30)29(36)28-21(3)18-24(34)19-22(28)4/h9-14,17-19H,8,15-16H2,1-7H3. The monoisotopic (exact) mass is 561 g/mol. The molecule has 0 unspecified atom stereocenters. The Labute approximate surface area is 239 Å². The van der Waals surface area contributed by atoms with Gasteiger partial charge in [-0.05, 0) is 114 Å². The van der Waals surface area contributed by atoms with Crippen LogP contribution in [0.1, 0.15) is 65.2 Å². The van der Waals surface area contributed by atoms with Gasteiger partial charge >= 0.3 is 6.09 Å². The molecule has 5 nitrogen and oxygen atoms in total. The van der Waals surface area contributed by atoms with E-state index in [2.05, 4.69) is 0 Å². The summed E-state index contributed by atoms with van der Waals surface area (Å²) >= 11 is 1.39. The summed E-state index contributed by atoms with van der Waals surface area (Å²) in [6, 6.07) is 16.5. The number of carbonyl (C=O) groups excluding carboxylic acids is 2. The lowest BCUT2D eigenvalue weighted by Gasteiger charge is -2.26. The molecule has 210 valence electrons. The van der Waals surface area contributed by atoms with Crippen molar-refractivity contribution in [1.82, 2.24) is 4.90 Å². The van der Waals surface area contributed by atoms with Crippen LogP contribution in [-0.2, 0) is 11.2 Å². The summed E-state index contributed by atoms with van der Waals surface area (Å²) in [6.45, 7) is 14.1. The molecule has 4 rings (SSSR count). The van der Waals surface area contributed by atoms with Crippen molar-refractivity contribution in [3.05, 3.63) is 93.1 Å². The summed E-state index contributed by atoms with van der Waals surface area (Å²) in [5.41, 5.74) is 3.29. The van der Waals surface area contributed by atoms with Crippen molar-refractivity contribution in [1.29, 1.82) is 0 Å². The number of rotatable bonds is 8. The van der Waals surface area contributed by atoms with E-state index >= 15 is 0 Å². The predicted molar refractivity (Wildman–Crippen MR) is 160 cm³/mol. The van der Waals surface area contributed by atoms with Crippen LogP contribution in [0.3, 0.4) is 0 Å². The summed E-state index contributed by atoms with van der Waals surface area (Å²) in [7, 11) is 0. The third-order valence-electron chi connectivity index (χ3n) is 6.58. The number of carbonyl (C=O) groups is 2. The van der Waals surface area contributed by atoms with Crippen LogP contribution in [0.4, 0.5) is 9.18 Å². The number of hydrogen-bond donors (Lipinski definition) is 0. The number of benzene rings is 3. The molecule has 0 fully saturated rings. The number of hydrogen-bond acceptors (Lipinski definition) is 5. The normalized spacial score (nSPS) is 11.5. The lowest BCUT2D eigenvalue weighted by Crippen LogP contribution is -2.37. The number of likely N-dealkylation sites (N-methyl/N-ethyl adjacent to an activating group) is 1. The van der Waals surface area contributed by atoms with Crippen molar-refractivity contribution >= 4 is 33.3 Å². The van der Waals surface area contributed by atoms with E-state index in [-0.39, 0.29) is 17.7 Å². The van der Waals surface area contributed by atoms with Gasteiger partial charge in [-0.25, -0.2) is 9.18 Å². The minimum Gasteiger partial charge on any atom is -0.455 e. The van der Waals surface area contributed by atoms with Crippen molar-refractivity contribution in [2.24, 2.45) is 0 Å². The van der Waals surface area contributed by atoms with Gasteiger partial charge in [0.2, 0.25) is 5.78 Å². The molecule has 0 aliphatic rings. The lowest BCUT2D eigenvalue weighted by atomic mass is 9.97. The molecular weight excluding hydrogens is 525 g/mol. The number of fused-ring (bicyclic) bond motifs is 1. The summed E-state index contributed by atoms with van der Waals surface area (Å²) in [6.07, 6.45) is 0.347. The SMILES string of the molecule is CCN(CCc1ccc(Oc2c(C(=O)c3c(C)cc(F)cc3C)sc3cc(C)ccc23)cc1)C(=O)OC(C)(C)C. The predicted octanol–water partition coefficient (Wildman–Crippen LogP) is 8.79. The zero-order valence-electron chi connectivity index (χ0n) is 24.2. The molecule has 0 atom stereocenters. The van der Waals surface area contributed by atoms with Gasteiger partial charge in [0.1, 0.15) is 22.0 Å². The van der Waals surface area contributed by atoms with E-state index in [9.17, 15) is 14.0 Å². The Balaban J connectivity index is 1.59. The van der Waals surface area contributed by atoms with E-state index in [1.807, 2.05) is 77.1 Å². The molecule has 0 spiro atoms. The molecule has 0 aliphatic carbocycles. The maximum Gasteiger partial charge on any atom is 0.410 e. The molecule has 0 aliphatic heterocycles. The number of ketones is 1. The largest absolute Gasteiger partial charge is 0.455 e. The third kappa shape index (κ3) is 6.70. The number of ether oxygens (including phenoxy) is 2. The van der Waals surface area contributed by atoms with Crippen LogP contribution >= 0.6 is 11.3 Å². The van der Waals surface area contributed by atoms with E-state index in [4.69, 9.17) is 9.47 Å². The first kappa shape index (κ1) is 29.3. The molecule has 3 aromatic carbocycles. The van der Waals surface area contributed by atoms with Gasteiger partial charge in [0, 0.05) is 28.7 Å². The average Bonchev–Trinajstić information content (AvgIpc) is 3.20. The van der Waals surface area contributed by atoms with Crippen LogP contribution in [0.5, 0.6) is 11.5 Å². The van der Waals surface area contributed by atoms with Gasteiger partial charge in [0.05, 0.1) is 0 Å². The molecule has 1 heterocycles. The molecule has 1 amide bonds. The van der Waals surface area contributed by atoms with E-state index in [0.717, 1.165) is 21.2 Å². The minimum absolute atomic E-state index is 0.178. The molecule has 0 bridgehead atoms. The molecular formula is C33H36FNO4S. The quantitative estimate of drug-likeness (QED) is 0.202. The summed E-state index contributed by atoms with van der Waals surface area (Å²) in [5.74, 6) is 0.568. The van der Waals surface area contributed by atoms with Crippen molar-refractivity contribution < 1.29 is 23.5 Å². The second kappa shape index (κ2) is 11.8. The van der Waals surface area contributed by atoms with Gasteiger partial charge in [-0.2, -0.15) is 0 Å². The fraction of sp³-hybridized carbons (Fsp3) is 0.333. The Morgan fingerprint density at radius 2 is 1.60 bits per heavy atom. The van der Waals surface area contributed by atoms with Gasteiger partial charge in [-0.15, -0.1) is 11.3 Å². The van der Waals surface area contributed by atoms with Gasteiger partial charge in [0.15, 0.2) is 5.75 Å². The van der Waals surface area contributed by atoms with Gasteiger partial charge in [-0.1, -0.05) is 18.2 Å². The Hall–Kier alpha value is -3.71. The van der Waals surface area contributed by atoms with Crippen LogP contribution < -0.4 is 4.74 Å². The van der Waals surface area contributed by atoms with Crippen LogP contribution in [-0.4, -0.2) is 35.5 Å². The maximum atomic E-state index is 14.0. The Morgan fingerprint density at radius 1 is 0.950 bits per heavy atom. The summed E-state index contributed by atoms with van der Waals surface area (Å²) in [4.78, 5) is 28.4. The summed E-state index contributed by atoms with van der Waals surface area (Å²) < 4.78 is 26.8. The first-order valence-corrected chi connectivity index (χ1v) is 14.3. The summed E-state index contributed by atoms with van der Waals surface area (Å²) in [5, 5.41) is 0.858. The highest BCUT2D eigenvalue weighted by Crippen LogP contribution is 2.42. The maximum absolute atomic E-state index is 14.0. The molecule has 0 saturated carbocycles. The number of amides is 1. The molecule has 0 radical (unpaired) electrons. The van der Waals surface area contributed by atoms with Crippen molar-refractivity contribution in [2.75, 3.05) is 13.1 Å². The minimum atomic E-state index is -0.539. The van der Waals surface area contributed by atoms with E-state index in [0.29, 0.717) is 52.6 Å². The van der Waals surface area contributed by atoms with Crippen LogP contribution in [0.25, 0.3) is 10.1 Å². The number of halogens is 1. The van der Waals surface area contributed by atoms with Crippen LogP contribution in [0.15, 0.2) is 54.6 Å². The smallest absolute Gasteiger partial charge is 0.410 e. The zero-order valence-corrected chi connectivity index (χ0v) is 25.0.